The van der Waals surface area contributed by atoms with Crippen LogP contribution in [0.25, 0.3) is 0 Å². The van der Waals surface area contributed by atoms with Crippen molar-refractivity contribution in [2.45, 2.75) is 13.8 Å². The van der Waals surface area contributed by atoms with E-state index in [4.69, 9.17) is 4.74 Å². The third-order valence-corrected chi connectivity index (χ3v) is 3.83. The maximum atomic E-state index is 11.5. The van der Waals surface area contributed by atoms with Gasteiger partial charge in [-0.15, -0.1) is 0 Å². The molecule has 0 spiro atoms. The van der Waals surface area contributed by atoms with Crippen LogP contribution in [0.2, 0.25) is 0 Å². The zero-order chi connectivity index (χ0) is 13.8. The van der Waals surface area contributed by atoms with Gasteiger partial charge in [-0.05, 0) is 25.5 Å². The summed E-state index contributed by atoms with van der Waals surface area (Å²) in [4.78, 5) is 18.4. The largest absolute Gasteiger partial charge is 0.465 e. The summed E-state index contributed by atoms with van der Waals surface area (Å²) in [6, 6.07) is 8.12. The summed E-state index contributed by atoms with van der Waals surface area (Å²) in [7, 11) is 1.38. The number of aryl methyl sites for hydroxylation is 1. The minimum Gasteiger partial charge on any atom is -0.465 e. The molecule has 0 aliphatic heterocycles. The van der Waals surface area contributed by atoms with Crippen molar-refractivity contribution in [2.24, 2.45) is 0 Å². The molecule has 1 aromatic heterocycles. The second-order valence-electron chi connectivity index (χ2n) is 4.03. The minimum absolute atomic E-state index is 0.343. The van der Waals surface area contributed by atoms with Crippen molar-refractivity contribution < 1.29 is 9.53 Å². The topological polar surface area (TPSA) is 42.4 Å². The number of aromatic nitrogens is 1. The summed E-state index contributed by atoms with van der Waals surface area (Å²) >= 11 is 1.34. The average Bonchev–Trinajstić information content (AvgIpc) is 2.90. The predicted octanol–water partition coefficient (Wildman–Crippen LogP) is 3.40. The monoisotopic (exact) mass is 276 g/mol. The number of hydrogen-bond donors (Lipinski definition) is 0. The van der Waals surface area contributed by atoms with Crippen LogP contribution in [0.4, 0.5) is 10.8 Å². The van der Waals surface area contributed by atoms with Gasteiger partial charge in [0.05, 0.1) is 13.3 Å². The van der Waals surface area contributed by atoms with Crippen molar-refractivity contribution in [3.8, 4) is 0 Å². The Morgan fingerprint density at radius 2 is 2.16 bits per heavy atom. The number of carbonyl (C=O) groups is 1. The normalized spacial score (nSPS) is 10.3. The van der Waals surface area contributed by atoms with E-state index in [1.807, 2.05) is 12.1 Å². The van der Waals surface area contributed by atoms with E-state index in [2.05, 4.69) is 35.9 Å². The summed E-state index contributed by atoms with van der Waals surface area (Å²) in [5, 5.41) is 0.803. The number of thiazole rings is 1. The molecule has 0 unspecified atom stereocenters. The number of anilines is 2. The first kappa shape index (κ1) is 13.5. The van der Waals surface area contributed by atoms with E-state index < -0.39 is 0 Å². The molecule has 5 heteroatoms. The zero-order valence-corrected chi connectivity index (χ0v) is 12.0. The maximum absolute atomic E-state index is 11.5. The molecule has 0 fully saturated rings. The molecule has 0 saturated heterocycles. The molecular weight excluding hydrogens is 260 g/mol. The fourth-order valence-corrected chi connectivity index (χ4v) is 2.77. The fraction of sp³-hybridized carbons (Fsp3) is 0.286. The average molecular weight is 276 g/mol. The summed E-state index contributed by atoms with van der Waals surface area (Å²) in [5.74, 6) is -0.343. The summed E-state index contributed by atoms with van der Waals surface area (Å²) < 4.78 is 4.71. The van der Waals surface area contributed by atoms with Crippen LogP contribution in [-0.4, -0.2) is 24.6 Å². The number of rotatable bonds is 4. The van der Waals surface area contributed by atoms with E-state index >= 15 is 0 Å². The Morgan fingerprint density at radius 3 is 2.79 bits per heavy atom. The van der Waals surface area contributed by atoms with Crippen LogP contribution in [0.15, 0.2) is 30.5 Å². The zero-order valence-electron chi connectivity index (χ0n) is 11.2. The van der Waals surface area contributed by atoms with Gasteiger partial charge in [-0.3, -0.25) is 0 Å². The third-order valence-electron chi connectivity index (χ3n) is 2.83. The summed E-state index contributed by atoms with van der Waals surface area (Å²) in [5.41, 5.74) is 2.29. The van der Waals surface area contributed by atoms with Gasteiger partial charge < -0.3 is 9.64 Å². The Morgan fingerprint density at radius 1 is 1.42 bits per heavy atom. The molecule has 0 aliphatic rings. The van der Waals surface area contributed by atoms with E-state index in [1.54, 1.807) is 6.20 Å². The highest BCUT2D eigenvalue weighted by Crippen LogP contribution is 2.31. The lowest BCUT2D eigenvalue weighted by Gasteiger charge is -2.21. The van der Waals surface area contributed by atoms with Crippen LogP contribution in [0, 0.1) is 6.92 Å². The second kappa shape index (κ2) is 5.84. The first-order valence-electron chi connectivity index (χ1n) is 6.04. The number of benzene rings is 1. The standard InChI is InChI=1S/C14H16N2O2S/c1-4-16(11-8-6-5-7-10(11)2)14-15-9-12(19-14)13(17)18-3/h5-9H,4H2,1-3H3. The first-order chi connectivity index (χ1) is 9.17. The van der Waals surface area contributed by atoms with E-state index in [1.165, 1.54) is 24.0 Å². The van der Waals surface area contributed by atoms with Gasteiger partial charge >= 0.3 is 5.97 Å². The molecule has 2 rings (SSSR count). The molecule has 0 radical (unpaired) electrons. The Labute approximate surface area is 116 Å². The number of methoxy groups -OCH3 is 1. The molecule has 0 atom stereocenters. The number of para-hydroxylation sites is 1. The van der Waals surface area contributed by atoms with Gasteiger partial charge in [-0.25, -0.2) is 9.78 Å². The molecule has 0 amide bonds. The van der Waals surface area contributed by atoms with E-state index in [-0.39, 0.29) is 5.97 Å². The van der Waals surface area contributed by atoms with E-state index in [0.29, 0.717) is 4.88 Å². The van der Waals surface area contributed by atoms with Gasteiger partial charge in [0.2, 0.25) is 0 Å². The smallest absolute Gasteiger partial charge is 0.349 e. The summed E-state index contributed by atoms with van der Waals surface area (Å²) in [6.07, 6.45) is 1.56. The molecule has 1 aromatic carbocycles. The lowest BCUT2D eigenvalue weighted by Crippen LogP contribution is -2.16. The van der Waals surface area contributed by atoms with Gasteiger partial charge in [0.25, 0.3) is 0 Å². The number of esters is 1. The van der Waals surface area contributed by atoms with Crippen LogP contribution in [0.3, 0.4) is 0 Å². The molecule has 1 heterocycles. The molecule has 0 aliphatic carbocycles. The van der Waals surface area contributed by atoms with Crippen molar-refractivity contribution in [2.75, 3.05) is 18.6 Å². The van der Waals surface area contributed by atoms with Gasteiger partial charge in [0.15, 0.2) is 5.13 Å². The predicted molar refractivity (Wildman–Crippen MR) is 77.3 cm³/mol. The van der Waals surface area contributed by atoms with Crippen LogP contribution in [-0.2, 0) is 4.74 Å². The highest BCUT2D eigenvalue weighted by molar-refractivity contribution is 7.17. The Bertz CT molecular complexity index is 580. The van der Waals surface area contributed by atoms with Gasteiger partial charge in [-0.1, -0.05) is 29.5 Å². The van der Waals surface area contributed by atoms with E-state index in [0.717, 1.165) is 17.4 Å². The molecule has 0 bridgehead atoms. The van der Waals surface area contributed by atoms with Crippen LogP contribution in [0.5, 0.6) is 0 Å². The SMILES string of the molecule is CCN(c1ncc(C(=O)OC)s1)c1ccccc1C. The Kier molecular flexibility index (Phi) is 4.16. The van der Waals surface area contributed by atoms with Crippen LogP contribution >= 0.6 is 11.3 Å². The van der Waals surface area contributed by atoms with Crippen molar-refractivity contribution in [1.82, 2.24) is 4.98 Å². The highest BCUT2D eigenvalue weighted by atomic mass is 32.1. The van der Waals surface area contributed by atoms with Crippen molar-refractivity contribution in [1.29, 1.82) is 0 Å². The fourth-order valence-electron chi connectivity index (χ4n) is 1.86. The molecule has 4 nitrogen and oxygen atoms in total. The second-order valence-corrected chi connectivity index (χ2v) is 5.04. The number of carbonyl (C=O) groups excluding carboxylic acids is 1. The lowest BCUT2D eigenvalue weighted by atomic mass is 10.2. The van der Waals surface area contributed by atoms with Gasteiger partial charge in [-0.2, -0.15) is 0 Å². The quantitative estimate of drug-likeness (QED) is 0.803. The first-order valence-corrected chi connectivity index (χ1v) is 6.86. The van der Waals surface area contributed by atoms with Crippen molar-refractivity contribution in [3.05, 3.63) is 40.9 Å². The molecule has 100 valence electrons. The minimum atomic E-state index is -0.343. The number of hydrogen-bond acceptors (Lipinski definition) is 5. The van der Waals surface area contributed by atoms with Gasteiger partial charge in [0.1, 0.15) is 4.88 Å². The Balaban J connectivity index is 2.35. The van der Waals surface area contributed by atoms with Crippen molar-refractivity contribution >= 4 is 28.1 Å². The van der Waals surface area contributed by atoms with Crippen LogP contribution in [0.1, 0.15) is 22.2 Å². The van der Waals surface area contributed by atoms with Crippen molar-refractivity contribution in [3.63, 3.8) is 0 Å². The lowest BCUT2D eigenvalue weighted by molar-refractivity contribution is 0.0606. The maximum Gasteiger partial charge on any atom is 0.349 e. The van der Waals surface area contributed by atoms with Gasteiger partial charge in [0, 0.05) is 12.2 Å². The molecule has 0 N–H and O–H groups in total. The van der Waals surface area contributed by atoms with E-state index in [9.17, 15) is 4.79 Å². The third kappa shape index (κ3) is 2.76. The molecule has 19 heavy (non-hydrogen) atoms. The number of ether oxygens (including phenoxy) is 1. The Hall–Kier alpha value is -1.88. The highest BCUT2D eigenvalue weighted by Gasteiger charge is 2.16. The van der Waals surface area contributed by atoms with Crippen LogP contribution < -0.4 is 4.90 Å². The molecule has 2 aromatic rings. The molecule has 0 saturated carbocycles. The summed E-state index contributed by atoms with van der Waals surface area (Å²) in [6.45, 7) is 4.91. The molecular formula is C14H16N2O2S. The number of nitrogens with zero attached hydrogens (tertiary/aromatic N) is 2.